The molecule has 1 aliphatic rings. The number of aliphatic hydroxyl groups is 1. The molecule has 1 saturated carbocycles. The van der Waals surface area contributed by atoms with Gasteiger partial charge in [0.25, 0.3) is 0 Å². The van der Waals surface area contributed by atoms with Gasteiger partial charge in [-0.25, -0.2) is 0 Å². The first-order valence-corrected chi connectivity index (χ1v) is 5.93. The standard InChI is InChI=1S/C13H20N2O2/c1-15(8-9-5-10(16)6-9)13-7-11(17-2)3-4-12(13)14/h3-4,7,9-10,16H,5-6,8,14H2,1-2H3. The predicted molar refractivity (Wildman–Crippen MR) is 69.4 cm³/mol. The molecule has 2 rings (SSSR count). The number of nitrogens with zero attached hydrogens (tertiary/aromatic N) is 1. The van der Waals surface area contributed by atoms with Crippen LogP contribution in [0.25, 0.3) is 0 Å². The fourth-order valence-electron chi connectivity index (χ4n) is 2.32. The average Bonchev–Trinajstić information content (AvgIpc) is 2.27. The van der Waals surface area contributed by atoms with E-state index in [9.17, 15) is 5.11 Å². The molecule has 0 radical (unpaired) electrons. The number of ether oxygens (including phenoxy) is 1. The van der Waals surface area contributed by atoms with Gasteiger partial charge >= 0.3 is 0 Å². The quantitative estimate of drug-likeness (QED) is 0.778. The smallest absolute Gasteiger partial charge is 0.121 e. The second-order valence-electron chi connectivity index (χ2n) is 4.80. The first-order valence-electron chi connectivity index (χ1n) is 5.93. The van der Waals surface area contributed by atoms with Crippen molar-refractivity contribution in [2.75, 3.05) is 31.3 Å². The van der Waals surface area contributed by atoms with Crippen LogP contribution < -0.4 is 15.4 Å². The summed E-state index contributed by atoms with van der Waals surface area (Å²) in [4.78, 5) is 2.13. The highest BCUT2D eigenvalue weighted by Crippen LogP contribution is 2.32. The van der Waals surface area contributed by atoms with Gasteiger partial charge in [0.05, 0.1) is 24.6 Å². The van der Waals surface area contributed by atoms with Crippen molar-refractivity contribution in [2.45, 2.75) is 18.9 Å². The maximum absolute atomic E-state index is 9.28. The Balaban J connectivity index is 2.04. The lowest BCUT2D eigenvalue weighted by molar-refractivity contribution is 0.0465. The summed E-state index contributed by atoms with van der Waals surface area (Å²) in [5.74, 6) is 1.38. The number of nitrogen functional groups attached to an aromatic ring is 1. The molecule has 0 amide bonds. The minimum atomic E-state index is -0.101. The number of rotatable bonds is 4. The lowest BCUT2D eigenvalue weighted by Crippen LogP contribution is -2.37. The van der Waals surface area contributed by atoms with Crippen molar-refractivity contribution in [3.63, 3.8) is 0 Å². The second-order valence-corrected chi connectivity index (χ2v) is 4.80. The molecule has 3 N–H and O–H groups in total. The van der Waals surface area contributed by atoms with Crippen LogP contribution in [0.4, 0.5) is 11.4 Å². The number of methoxy groups -OCH3 is 1. The molecule has 0 atom stereocenters. The van der Waals surface area contributed by atoms with Crippen LogP contribution in [0.2, 0.25) is 0 Å². The third kappa shape index (κ3) is 2.64. The van der Waals surface area contributed by atoms with Gasteiger partial charge in [0.2, 0.25) is 0 Å². The summed E-state index contributed by atoms with van der Waals surface area (Å²) in [6.07, 6.45) is 1.69. The summed E-state index contributed by atoms with van der Waals surface area (Å²) in [6.45, 7) is 0.925. The topological polar surface area (TPSA) is 58.7 Å². The lowest BCUT2D eigenvalue weighted by atomic mass is 9.82. The van der Waals surface area contributed by atoms with Crippen LogP contribution >= 0.6 is 0 Å². The SMILES string of the molecule is COc1ccc(N)c(N(C)CC2CC(O)C2)c1. The van der Waals surface area contributed by atoms with Crippen LogP contribution in [0.5, 0.6) is 5.75 Å². The molecule has 94 valence electrons. The Hall–Kier alpha value is -1.42. The number of aliphatic hydroxyl groups excluding tert-OH is 1. The Labute approximate surface area is 102 Å². The second kappa shape index (κ2) is 4.84. The summed E-state index contributed by atoms with van der Waals surface area (Å²) in [7, 11) is 3.67. The summed E-state index contributed by atoms with van der Waals surface area (Å²) < 4.78 is 5.20. The van der Waals surface area contributed by atoms with Crippen molar-refractivity contribution < 1.29 is 9.84 Å². The van der Waals surface area contributed by atoms with E-state index >= 15 is 0 Å². The zero-order chi connectivity index (χ0) is 12.4. The molecule has 1 aromatic carbocycles. The molecule has 0 aromatic heterocycles. The highest BCUT2D eigenvalue weighted by Gasteiger charge is 2.28. The van der Waals surface area contributed by atoms with Crippen molar-refractivity contribution in [1.82, 2.24) is 0 Å². The van der Waals surface area contributed by atoms with Gasteiger partial charge in [-0.15, -0.1) is 0 Å². The van der Waals surface area contributed by atoms with Crippen molar-refractivity contribution in [2.24, 2.45) is 5.92 Å². The molecule has 0 bridgehead atoms. The minimum Gasteiger partial charge on any atom is -0.497 e. The van der Waals surface area contributed by atoms with Gasteiger partial charge in [-0.2, -0.15) is 0 Å². The van der Waals surface area contributed by atoms with E-state index in [1.165, 1.54) is 0 Å². The molecule has 17 heavy (non-hydrogen) atoms. The average molecular weight is 236 g/mol. The maximum atomic E-state index is 9.28. The van der Waals surface area contributed by atoms with Gasteiger partial charge in [-0.1, -0.05) is 0 Å². The summed E-state index contributed by atoms with van der Waals surface area (Å²) >= 11 is 0. The first-order chi connectivity index (χ1) is 8.10. The Morgan fingerprint density at radius 1 is 1.47 bits per heavy atom. The van der Waals surface area contributed by atoms with E-state index in [0.29, 0.717) is 5.92 Å². The zero-order valence-corrected chi connectivity index (χ0v) is 10.4. The van der Waals surface area contributed by atoms with E-state index in [0.717, 1.165) is 36.5 Å². The van der Waals surface area contributed by atoms with Gasteiger partial charge in [0.1, 0.15) is 5.75 Å². The van der Waals surface area contributed by atoms with E-state index in [4.69, 9.17) is 10.5 Å². The third-order valence-electron chi connectivity index (χ3n) is 3.39. The van der Waals surface area contributed by atoms with Crippen LogP contribution in [0.1, 0.15) is 12.8 Å². The summed E-state index contributed by atoms with van der Waals surface area (Å²) in [6, 6.07) is 5.67. The molecular formula is C13H20N2O2. The van der Waals surface area contributed by atoms with Crippen molar-refractivity contribution in [3.05, 3.63) is 18.2 Å². The van der Waals surface area contributed by atoms with E-state index in [2.05, 4.69) is 4.90 Å². The Morgan fingerprint density at radius 3 is 2.76 bits per heavy atom. The van der Waals surface area contributed by atoms with E-state index < -0.39 is 0 Å². The van der Waals surface area contributed by atoms with Crippen molar-refractivity contribution in [3.8, 4) is 5.75 Å². The van der Waals surface area contributed by atoms with Gasteiger partial charge < -0.3 is 20.5 Å². The fourth-order valence-corrected chi connectivity index (χ4v) is 2.32. The first kappa shape index (κ1) is 12.0. The fraction of sp³-hybridized carbons (Fsp3) is 0.538. The molecule has 4 heteroatoms. The summed E-state index contributed by atoms with van der Waals surface area (Å²) in [5, 5.41) is 9.28. The van der Waals surface area contributed by atoms with Gasteiger partial charge in [0.15, 0.2) is 0 Å². The molecule has 1 aliphatic carbocycles. The van der Waals surface area contributed by atoms with Crippen LogP contribution in [0.3, 0.4) is 0 Å². The molecule has 1 fully saturated rings. The van der Waals surface area contributed by atoms with Crippen LogP contribution in [0.15, 0.2) is 18.2 Å². The molecule has 0 heterocycles. The monoisotopic (exact) mass is 236 g/mol. The largest absolute Gasteiger partial charge is 0.497 e. The molecule has 0 spiro atoms. The molecular weight excluding hydrogens is 216 g/mol. The summed E-state index contributed by atoms with van der Waals surface area (Å²) in [5.41, 5.74) is 7.71. The van der Waals surface area contributed by atoms with Crippen molar-refractivity contribution >= 4 is 11.4 Å². The molecule has 0 unspecified atom stereocenters. The van der Waals surface area contributed by atoms with Crippen LogP contribution in [-0.4, -0.2) is 31.9 Å². The Bertz CT molecular complexity index is 389. The number of hydrogen-bond donors (Lipinski definition) is 2. The zero-order valence-electron chi connectivity index (χ0n) is 10.4. The van der Waals surface area contributed by atoms with Gasteiger partial charge in [-0.3, -0.25) is 0 Å². The number of anilines is 2. The number of hydrogen-bond acceptors (Lipinski definition) is 4. The molecule has 1 aromatic rings. The van der Waals surface area contributed by atoms with E-state index in [1.807, 2.05) is 25.2 Å². The van der Waals surface area contributed by atoms with Gasteiger partial charge in [0, 0.05) is 19.7 Å². The number of nitrogens with two attached hydrogens (primary N) is 1. The number of benzene rings is 1. The minimum absolute atomic E-state index is 0.101. The molecule has 4 nitrogen and oxygen atoms in total. The van der Waals surface area contributed by atoms with Crippen LogP contribution in [-0.2, 0) is 0 Å². The Morgan fingerprint density at radius 2 is 2.18 bits per heavy atom. The highest BCUT2D eigenvalue weighted by molar-refractivity contribution is 5.69. The molecule has 0 saturated heterocycles. The third-order valence-corrected chi connectivity index (χ3v) is 3.39. The normalized spacial score (nSPS) is 23.0. The van der Waals surface area contributed by atoms with E-state index in [-0.39, 0.29) is 6.10 Å². The highest BCUT2D eigenvalue weighted by atomic mass is 16.5. The van der Waals surface area contributed by atoms with Gasteiger partial charge in [-0.05, 0) is 30.9 Å². The maximum Gasteiger partial charge on any atom is 0.121 e. The predicted octanol–water partition coefficient (Wildman–Crippen LogP) is 1.48. The lowest BCUT2D eigenvalue weighted by Gasteiger charge is -2.35. The van der Waals surface area contributed by atoms with E-state index in [1.54, 1.807) is 7.11 Å². The molecule has 0 aliphatic heterocycles. The van der Waals surface area contributed by atoms with Crippen LogP contribution in [0, 0.1) is 5.92 Å². The van der Waals surface area contributed by atoms with Crippen molar-refractivity contribution in [1.29, 1.82) is 0 Å². The Kier molecular flexibility index (Phi) is 3.43.